The van der Waals surface area contributed by atoms with Crippen LogP contribution >= 0.6 is 15.9 Å². The van der Waals surface area contributed by atoms with Gasteiger partial charge in [-0.05, 0) is 78.5 Å². The monoisotopic (exact) mass is 496 g/mol. The van der Waals surface area contributed by atoms with E-state index < -0.39 is 0 Å². The van der Waals surface area contributed by atoms with E-state index in [4.69, 9.17) is 0 Å². The zero-order valence-electron chi connectivity index (χ0n) is 19.3. The number of halogens is 1. The van der Waals surface area contributed by atoms with Crippen molar-refractivity contribution in [2.75, 3.05) is 0 Å². The third-order valence-electron chi connectivity index (χ3n) is 7.02. The molecule has 0 radical (unpaired) electrons. The molecule has 33 heavy (non-hydrogen) atoms. The third kappa shape index (κ3) is 4.42. The van der Waals surface area contributed by atoms with Crippen molar-refractivity contribution < 1.29 is 4.79 Å². The number of ketones is 1. The topological polar surface area (TPSA) is 17.1 Å². The molecule has 0 N–H and O–H groups in total. The van der Waals surface area contributed by atoms with Gasteiger partial charge < -0.3 is 0 Å². The lowest BCUT2D eigenvalue weighted by molar-refractivity contribution is 0.0936. The number of alkyl halides is 1. The summed E-state index contributed by atoms with van der Waals surface area (Å²) in [5.74, 6) is 0.435. The number of allylic oxidation sites excluding steroid dienone is 2. The van der Waals surface area contributed by atoms with Gasteiger partial charge in [0.1, 0.15) is 0 Å². The van der Waals surface area contributed by atoms with E-state index in [9.17, 15) is 4.79 Å². The van der Waals surface area contributed by atoms with Gasteiger partial charge in [-0.15, -0.1) is 0 Å². The molecule has 6 rings (SSSR count). The average molecular weight is 497 g/mol. The zero-order valence-corrected chi connectivity index (χ0v) is 20.9. The summed E-state index contributed by atoms with van der Waals surface area (Å²) in [6.07, 6.45) is 8.53. The second-order valence-electron chi connectivity index (χ2n) is 9.58. The van der Waals surface area contributed by atoms with Gasteiger partial charge in [0.2, 0.25) is 0 Å². The highest BCUT2D eigenvalue weighted by Crippen LogP contribution is 2.33. The Hall–Kier alpha value is -2.71. The second kappa shape index (κ2) is 9.27. The van der Waals surface area contributed by atoms with E-state index in [1.54, 1.807) is 0 Å². The first-order valence-corrected chi connectivity index (χ1v) is 12.9. The minimum Gasteiger partial charge on any atom is -0.294 e. The largest absolute Gasteiger partial charge is 0.294 e. The van der Waals surface area contributed by atoms with E-state index >= 15 is 0 Å². The van der Waals surface area contributed by atoms with Gasteiger partial charge in [0.05, 0.1) is 0 Å². The molecule has 0 aliphatic heterocycles. The lowest BCUT2D eigenvalue weighted by atomic mass is 9.91. The number of rotatable bonds is 3. The molecule has 0 saturated carbocycles. The summed E-state index contributed by atoms with van der Waals surface area (Å²) in [6, 6.07) is 21.1. The first-order chi connectivity index (χ1) is 16.0. The van der Waals surface area contributed by atoms with Crippen LogP contribution in [0.25, 0.3) is 12.2 Å². The Balaban J connectivity index is 0.000000162. The predicted molar refractivity (Wildman–Crippen MR) is 142 cm³/mol. The minimum atomic E-state index is 0.114. The fourth-order valence-corrected chi connectivity index (χ4v) is 5.94. The van der Waals surface area contributed by atoms with Crippen molar-refractivity contribution in [3.05, 3.63) is 116 Å². The van der Waals surface area contributed by atoms with E-state index in [1.165, 1.54) is 50.1 Å². The normalized spacial score (nSPS) is 17.5. The molecule has 2 heteroatoms. The van der Waals surface area contributed by atoms with E-state index in [0.717, 1.165) is 36.6 Å². The Labute approximate surface area is 205 Å². The molecule has 0 bridgehead atoms. The number of hydrogen-bond donors (Lipinski definition) is 0. The molecule has 1 nitrogen and oxygen atoms in total. The van der Waals surface area contributed by atoms with Crippen molar-refractivity contribution in [3.8, 4) is 0 Å². The molecule has 3 aromatic carbocycles. The van der Waals surface area contributed by atoms with Gasteiger partial charge in [0.15, 0.2) is 5.78 Å². The molecule has 1 atom stereocenters. The summed E-state index contributed by atoms with van der Waals surface area (Å²) < 4.78 is 0. The third-order valence-corrected chi connectivity index (χ3v) is 7.63. The van der Waals surface area contributed by atoms with Crippen LogP contribution in [-0.2, 0) is 31.0 Å². The molecule has 0 heterocycles. The predicted octanol–water partition coefficient (Wildman–Crippen LogP) is 7.78. The fraction of sp³-hybridized carbons (Fsp3) is 0.258. The molecular weight excluding hydrogens is 468 g/mol. The van der Waals surface area contributed by atoms with Crippen LogP contribution in [0.15, 0.2) is 71.8 Å². The molecule has 0 amide bonds. The highest BCUT2D eigenvalue weighted by molar-refractivity contribution is 9.08. The average Bonchev–Trinajstić information content (AvgIpc) is 3.48. The van der Waals surface area contributed by atoms with Crippen molar-refractivity contribution in [2.24, 2.45) is 5.92 Å². The second-order valence-corrected chi connectivity index (χ2v) is 10.1. The number of fused-ring (bicyclic) bond motifs is 3. The van der Waals surface area contributed by atoms with Gasteiger partial charge in [0.25, 0.3) is 0 Å². The molecule has 3 aliphatic carbocycles. The molecule has 3 aliphatic rings. The van der Waals surface area contributed by atoms with E-state index in [0.29, 0.717) is 5.78 Å². The van der Waals surface area contributed by atoms with Crippen LogP contribution in [0.2, 0.25) is 0 Å². The Morgan fingerprint density at radius 3 is 1.97 bits per heavy atom. The molecule has 0 aromatic heterocycles. The SMILES string of the molecule is CC1=Cc2c(CBr)cccc2C1.CC1=Cc2c(cccc2CC2Cc3ccccc3C2=O)C1. The summed E-state index contributed by atoms with van der Waals surface area (Å²) in [7, 11) is 0. The van der Waals surface area contributed by atoms with E-state index in [1.807, 2.05) is 18.2 Å². The Morgan fingerprint density at radius 2 is 1.33 bits per heavy atom. The zero-order chi connectivity index (χ0) is 22.9. The van der Waals surface area contributed by atoms with Crippen molar-refractivity contribution in [2.45, 2.75) is 44.9 Å². The standard InChI is InChI=1S/C20H18O.C11H11Br/c1-13-9-14-6-4-7-16(19(14)10-13)12-17-11-15-5-2-3-8-18(15)20(17)21;1-8-5-9-3-2-4-10(7-12)11(9)6-8/h2-8,10,17H,9,11-12H2,1H3;2-4,6H,5,7H2,1H3. The van der Waals surface area contributed by atoms with Gasteiger partial charge in [-0.2, -0.15) is 0 Å². The highest BCUT2D eigenvalue weighted by atomic mass is 79.9. The number of Topliss-reactive ketones (excluding diaryl/α,β-unsaturated/α-hetero) is 1. The van der Waals surface area contributed by atoms with Gasteiger partial charge in [0, 0.05) is 16.8 Å². The number of benzene rings is 3. The van der Waals surface area contributed by atoms with E-state index in [2.05, 4.69) is 84.4 Å². The Morgan fingerprint density at radius 1 is 0.758 bits per heavy atom. The Bertz CT molecular complexity index is 1290. The maximum Gasteiger partial charge on any atom is 0.166 e. The van der Waals surface area contributed by atoms with Crippen LogP contribution in [0.4, 0.5) is 0 Å². The summed E-state index contributed by atoms with van der Waals surface area (Å²) in [4.78, 5) is 12.6. The van der Waals surface area contributed by atoms with Gasteiger partial charge in [-0.3, -0.25) is 4.79 Å². The molecule has 0 spiro atoms. The number of hydrogen-bond acceptors (Lipinski definition) is 1. The van der Waals surface area contributed by atoms with Gasteiger partial charge in [-0.25, -0.2) is 0 Å². The van der Waals surface area contributed by atoms with Gasteiger partial charge >= 0.3 is 0 Å². The highest BCUT2D eigenvalue weighted by Gasteiger charge is 2.30. The van der Waals surface area contributed by atoms with Crippen molar-refractivity contribution in [1.82, 2.24) is 0 Å². The first kappa shape index (κ1) is 22.1. The van der Waals surface area contributed by atoms with Crippen LogP contribution in [0.5, 0.6) is 0 Å². The van der Waals surface area contributed by atoms with Crippen molar-refractivity contribution >= 4 is 33.9 Å². The van der Waals surface area contributed by atoms with Gasteiger partial charge in [-0.1, -0.05) is 99.9 Å². The van der Waals surface area contributed by atoms with Crippen LogP contribution in [0.3, 0.4) is 0 Å². The van der Waals surface area contributed by atoms with Crippen LogP contribution < -0.4 is 0 Å². The number of carbonyl (C=O) groups is 1. The summed E-state index contributed by atoms with van der Waals surface area (Å²) in [5, 5.41) is 0.958. The Kier molecular flexibility index (Phi) is 6.21. The molecule has 166 valence electrons. The lowest BCUT2D eigenvalue weighted by Crippen LogP contribution is -2.13. The molecule has 0 fully saturated rings. The van der Waals surface area contributed by atoms with Crippen molar-refractivity contribution in [1.29, 1.82) is 0 Å². The quantitative estimate of drug-likeness (QED) is 0.338. The molecule has 3 aromatic rings. The minimum absolute atomic E-state index is 0.114. The molecule has 1 unspecified atom stereocenters. The summed E-state index contributed by atoms with van der Waals surface area (Å²) in [6.45, 7) is 4.37. The number of carbonyl (C=O) groups excluding carboxylic acids is 1. The molecular formula is C31H29BrO. The van der Waals surface area contributed by atoms with Crippen LogP contribution in [0, 0.1) is 5.92 Å². The lowest BCUT2D eigenvalue weighted by Gasteiger charge is -2.11. The summed E-state index contributed by atoms with van der Waals surface area (Å²) >= 11 is 3.50. The smallest absolute Gasteiger partial charge is 0.166 e. The van der Waals surface area contributed by atoms with E-state index in [-0.39, 0.29) is 5.92 Å². The van der Waals surface area contributed by atoms with Crippen LogP contribution in [0.1, 0.15) is 63.1 Å². The van der Waals surface area contributed by atoms with Crippen LogP contribution in [-0.4, -0.2) is 5.78 Å². The maximum atomic E-state index is 12.6. The fourth-order valence-electron chi connectivity index (χ4n) is 5.45. The summed E-state index contributed by atoms with van der Waals surface area (Å²) in [5.41, 5.74) is 13.5. The van der Waals surface area contributed by atoms with Crippen molar-refractivity contribution in [3.63, 3.8) is 0 Å². The maximum absolute atomic E-state index is 12.6. The molecule has 0 saturated heterocycles. The first-order valence-electron chi connectivity index (χ1n) is 11.8.